The van der Waals surface area contributed by atoms with Crippen molar-refractivity contribution < 1.29 is 44.4 Å². The molecular formula is C21H36N2O9. The van der Waals surface area contributed by atoms with E-state index in [9.17, 15) is 34.2 Å². The van der Waals surface area contributed by atoms with E-state index in [0.29, 0.717) is 19.3 Å². The molecule has 1 amide bonds. The average molecular weight is 461 g/mol. The van der Waals surface area contributed by atoms with Crippen molar-refractivity contribution >= 4 is 29.8 Å². The molecule has 0 aliphatic heterocycles. The van der Waals surface area contributed by atoms with Gasteiger partial charge in [0, 0.05) is 12.0 Å². The van der Waals surface area contributed by atoms with Crippen LogP contribution in [-0.4, -0.2) is 80.8 Å². The number of unbranched alkanes of at least 4 members (excludes halogenated alkanes) is 1. The number of nitrogens with one attached hydrogen (secondary N) is 1. The van der Waals surface area contributed by atoms with Gasteiger partial charge >= 0.3 is 23.9 Å². The topological polar surface area (TPSA) is 182 Å². The molecule has 3 atom stereocenters. The number of carboxylic acids is 4. The van der Waals surface area contributed by atoms with Crippen LogP contribution in [0, 0.1) is 17.3 Å². The molecule has 184 valence electrons. The maximum absolute atomic E-state index is 12.8. The van der Waals surface area contributed by atoms with Crippen molar-refractivity contribution in [2.45, 2.75) is 65.8 Å². The van der Waals surface area contributed by atoms with Gasteiger partial charge < -0.3 is 25.7 Å². The first-order valence-electron chi connectivity index (χ1n) is 10.7. The number of rotatable bonds is 17. The number of hydrogen-bond donors (Lipinski definition) is 5. The van der Waals surface area contributed by atoms with E-state index < -0.39 is 54.3 Å². The summed E-state index contributed by atoms with van der Waals surface area (Å²) in [7, 11) is 0. The summed E-state index contributed by atoms with van der Waals surface area (Å²) >= 11 is 0. The second kappa shape index (κ2) is 13.7. The van der Waals surface area contributed by atoms with Gasteiger partial charge in [0.2, 0.25) is 5.91 Å². The average Bonchev–Trinajstić information content (AvgIpc) is 2.66. The SMILES string of the molecule is CCC(CC(C)(C(=O)NCCCCC(C(=O)O)N(CC(=O)O)CC(=O)O)C(C)C)C(=O)O. The van der Waals surface area contributed by atoms with Crippen molar-refractivity contribution in [2.75, 3.05) is 19.6 Å². The van der Waals surface area contributed by atoms with Crippen LogP contribution in [0.5, 0.6) is 0 Å². The van der Waals surface area contributed by atoms with Gasteiger partial charge in [-0.05, 0) is 38.0 Å². The summed E-state index contributed by atoms with van der Waals surface area (Å²) < 4.78 is 0. The summed E-state index contributed by atoms with van der Waals surface area (Å²) in [4.78, 5) is 58.5. The molecule has 0 aromatic rings. The fourth-order valence-corrected chi connectivity index (χ4v) is 3.46. The van der Waals surface area contributed by atoms with Gasteiger partial charge in [-0.1, -0.05) is 27.7 Å². The highest BCUT2D eigenvalue weighted by atomic mass is 16.4. The second-order valence-corrected chi connectivity index (χ2v) is 8.52. The van der Waals surface area contributed by atoms with E-state index in [1.165, 1.54) is 0 Å². The number of aliphatic carboxylic acids is 4. The highest BCUT2D eigenvalue weighted by molar-refractivity contribution is 5.83. The molecule has 0 rings (SSSR count). The third kappa shape index (κ3) is 9.63. The van der Waals surface area contributed by atoms with Gasteiger partial charge in [-0.3, -0.25) is 28.9 Å². The van der Waals surface area contributed by atoms with Gasteiger partial charge in [-0.15, -0.1) is 0 Å². The lowest BCUT2D eigenvalue weighted by Gasteiger charge is -2.34. The zero-order valence-electron chi connectivity index (χ0n) is 19.2. The van der Waals surface area contributed by atoms with Crippen molar-refractivity contribution in [3.63, 3.8) is 0 Å². The Bertz CT molecular complexity index is 664. The molecule has 0 aliphatic carbocycles. The molecular weight excluding hydrogens is 424 g/mol. The van der Waals surface area contributed by atoms with Crippen LogP contribution in [0.3, 0.4) is 0 Å². The molecule has 0 aliphatic rings. The first-order valence-corrected chi connectivity index (χ1v) is 10.7. The molecule has 0 spiro atoms. The molecule has 11 nitrogen and oxygen atoms in total. The minimum Gasteiger partial charge on any atom is -0.481 e. The normalized spacial score (nSPS) is 15.1. The minimum absolute atomic E-state index is 0.0180. The summed E-state index contributed by atoms with van der Waals surface area (Å²) in [6.45, 7) is 6.00. The van der Waals surface area contributed by atoms with E-state index in [4.69, 9.17) is 10.2 Å². The molecule has 0 fully saturated rings. The van der Waals surface area contributed by atoms with Crippen LogP contribution in [0.25, 0.3) is 0 Å². The van der Waals surface area contributed by atoms with Crippen LogP contribution in [-0.2, 0) is 24.0 Å². The van der Waals surface area contributed by atoms with E-state index in [1.807, 2.05) is 13.8 Å². The van der Waals surface area contributed by atoms with Crippen LogP contribution >= 0.6 is 0 Å². The fraction of sp³-hybridized carbons (Fsp3) is 0.762. The van der Waals surface area contributed by atoms with Crippen LogP contribution < -0.4 is 5.32 Å². The summed E-state index contributed by atoms with van der Waals surface area (Å²) in [5.74, 6) is -5.94. The Hall–Kier alpha value is -2.69. The lowest BCUT2D eigenvalue weighted by atomic mass is 9.71. The van der Waals surface area contributed by atoms with E-state index in [1.54, 1.807) is 13.8 Å². The number of carbonyl (C=O) groups excluding carboxylic acids is 1. The highest BCUT2D eigenvalue weighted by Gasteiger charge is 2.40. The van der Waals surface area contributed by atoms with E-state index in [2.05, 4.69) is 5.32 Å². The van der Waals surface area contributed by atoms with E-state index in [-0.39, 0.29) is 31.2 Å². The molecule has 0 bridgehead atoms. The molecule has 0 saturated carbocycles. The first kappa shape index (κ1) is 29.3. The number of hydrogen-bond acceptors (Lipinski definition) is 6. The Labute approximate surface area is 187 Å². The van der Waals surface area contributed by atoms with Crippen LogP contribution in [0.4, 0.5) is 0 Å². The molecule has 0 saturated heterocycles. The lowest BCUT2D eigenvalue weighted by molar-refractivity contribution is -0.150. The zero-order chi connectivity index (χ0) is 25.1. The van der Waals surface area contributed by atoms with Gasteiger partial charge in [0.15, 0.2) is 0 Å². The largest absolute Gasteiger partial charge is 0.481 e. The van der Waals surface area contributed by atoms with Crippen molar-refractivity contribution in [2.24, 2.45) is 17.3 Å². The quantitative estimate of drug-likeness (QED) is 0.199. The monoisotopic (exact) mass is 460 g/mol. The third-order valence-corrected chi connectivity index (χ3v) is 5.90. The predicted octanol–water partition coefficient (Wildman–Crippen LogP) is 1.36. The minimum atomic E-state index is -1.33. The smallest absolute Gasteiger partial charge is 0.320 e. The van der Waals surface area contributed by atoms with Gasteiger partial charge in [0.25, 0.3) is 0 Å². The molecule has 0 aromatic heterocycles. The standard InChI is InChI=1S/C21H36N2O9/c1-5-14(18(28)29)10-21(4,13(2)3)20(32)22-9-7-6-8-15(19(30)31)23(11-16(24)25)12-17(26)27/h13-15H,5-12H2,1-4H3,(H,22,32)(H,24,25)(H,26,27)(H,28,29)(H,30,31). The van der Waals surface area contributed by atoms with Crippen LogP contribution in [0.2, 0.25) is 0 Å². The molecule has 5 N–H and O–H groups in total. The van der Waals surface area contributed by atoms with Crippen molar-refractivity contribution in [3.8, 4) is 0 Å². The lowest BCUT2D eigenvalue weighted by Crippen LogP contribution is -2.46. The van der Waals surface area contributed by atoms with Gasteiger partial charge in [-0.25, -0.2) is 0 Å². The van der Waals surface area contributed by atoms with Crippen LogP contribution in [0.15, 0.2) is 0 Å². The Morgan fingerprint density at radius 1 is 0.906 bits per heavy atom. The molecule has 32 heavy (non-hydrogen) atoms. The van der Waals surface area contributed by atoms with Gasteiger partial charge in [0.1, 0.15) is 6.04 Å². The van der Waals surface area contributed by atoms with Crippen molar-refractivity contribution in [1.29, 1.82) is 0 Å². The Morgan fingerprint density at radius 2 is 1.44 bits per heavy atom. The molecule has 0 radical (unpaired) electrons. The van der Waals surface area contributed by atoms with Crippen molar-refractivity contribution in [3.05, 3.63) is 0 Å². The Balaban J connectivity index is 4.91. The summed E-state index contributed by atoms with van der Waals surface area (Å²) in [6.07, 6.45) is 1.34. The number of carboxylic acid groups (broad SMARTS) is 4. The Morgan fingerprint density at radius 3 is 1.81 bits per heavy atom. The molecule has 0 heterocycles. The first-order chi connectivity index (χ1) is 14.8. The summed E-state index contributed by atoms with van der Waals surface area (Å²) in [5, 5.41) is 39.4. The van der Waals surface area contributed by atoms with Crippen molar-refractivity contribution in [1.82, 2.24) is 10.2 Å². The third-order valence-electron chi connectivity index (χ3n) is 5.90. The summed E-state index contributed by atoms with van der Waals surface area (Å²) in [5.41, 5.74) is -0.886. The number of carbonyl (C=O) groups is 5. The van der Waals surface area contributed by atoms with Crippen LogP contribution in [0.1, 0.15) is 59.8 Å². The number of amides is 1. The molecule has 3 unspecified atom stereocenters. The van der Waals surface area contributed by atoms with Gasteiger partial charge in [-0.2, -0.15) is 0 Å². The molecule has 11 heteroatoms. The van der Waals surface area contributed by atoms with E-state index in [0.717, 1.165) is 4.90 Å². The number of nitrogens with zero attached hydrogens (tertiary/aromatic N) is 1. The highest BCUT2D eigenvalue weighted by Crippen LogP contribution is 2.35. The Kier molecular flexibility index (Phi) is 12.5. The zero-order valence-corrected chi connectivity index (χ0v) is 19.2. The van der Waals surface area contributed by atoms with E-state index >= 15 is 0 Å². The maximum Gasteiger partial charge on any atom is 0.320 e. The maximum atomic E-state index is 12.8. The molecule has 0 aromatic carbocycles. The summed E-state index contributed by atoms with van der Waals surface area (Å²) in [6, 6.07) is -1.28. The van der Waals surface area contributed by atoms with Gasteiger partial charge in [0.05, 0.1) is 19.0 Å². The fourth-order valence-electron chi connectivity index (χ4n) is 3.46. The second-order valence-electron chi connectivity index (χ2n) is 8.52. The predicted molar refractivity (Wildman–Crippen MR) is 114 cm³/mol.